The van der Waals surface area contributed by atoms with Crippen molar-refractivity contribution in [1.29, 1.82) is 0 Å². The highest BCUT2D eigenvalue weighted by Crippen LogP contribution is 2.18. The number of hydrogen-bond acceptors (Lipinski definition) is 5. The van der Waals surface area contributed by atoms with Crippen molar-refractivity contribution in [3.05, 3.63) is 41.3 Å². The number of amides is 1. The van der Waals surface area contributed by atoms with Crippen LogP contribution in [0, 0.1) is 6.92 Å². The quantitative estimate of drug-likeness (QED) is 0.558. The maximum absolute atomic E-state index is 11.8. The third-order valence-electron chi connectivity index (χ3n) is 2.39. The van der Waals surface area contributed by atoms with Gasteiger partial charge in [0.25, 0.3) is 5.91 Å². The predicted octanol–water partition coefficient (Wildman–Crippen LogP) is 1.20. The van der Waals surface area contributed by atoms with Crippen molar-refractivity contribution in [2.24, 2.45) is 0 Å². The number of hydrogen-bond donors (Lipinski definition) is 3. The highest BCUT2D eigenvalue weighted by atomic mass is 16.5. The molecule has 0 unspecified atom stereocenters. The summed E-state index contributed by atoms with van der Waals surface area (Å²) in [5.74, 6) is 0.298. The van der Waals surface area contributed by atoms with Gasteiger partial charge in [0.05, 0.1) is 12.1 Å². The molecule has 6 heteroatoms. The smallest absolute Gasteiger partial charge is 0.253 e. The Morgan fingerprint density at radius 2 is 2.28 bits per heavy atom. The number of anilines is 1. The first-order valence-electron chi connectivity index (χ1n) is 5.35. The van der Waals surface area contributed by atoms with Gasteiger partial charge in [-0.15, -0.1) is 0 Å². The van der Waals surface area contributed by atoms with E-state index in [1.54, 1.807) is 13.0 Å². The van der Waals surface area contributed by atoms with Crippen LogP contribution in [-0.2, 0) is 6.54 Å². The van der Waals surface area contributed by atoms with E-state index in [0.29, 0.717) is 17.1 Å². The molecular formula is C12H13N3O3. The van der Waals surface area contributed by atoms with Gasteiger partial charge in [0.15, 0.2) is 0 Å². The summed E-state index contributed by atoms with van der Waals surface area (Å²) >= 11 is 0. The van der Waals surface area contributed by atoms with Crippen LogP contribution in [0.25, 0.3) is 0 Å². The lowest BCUT2D eigenvalue weighted by Gasteiger charge is -2.06. The summed E-state index contributed by atoms with van der Waals surface area (Å²) in [5, 5.41) is 15.7. The van der Waals surface area contributed by atoms with E-state index in [4.69, 9.17) is 10.3 Å². The van der Waals surface area contributed by atoms with E-state index in [2.05, 4.69) is 10.5 Å². The Labute approximate surface area is 103 Å². The largest absolute Gasteiger partial charge is 0.508 e. The molecule has 0 bridgehead atoms. The zero-order valence-corrected chi connectivity index (χ0v) is 9.80. The molecule has 1 aromatic carbocycles. The first-order chi connectivity index (χ1) is 8.56. The molecule has 1 heterocycles. The normalized spacial score (nSPS) is 10.3. The molecule has 94 valence electrons. The van der Waals surface area contributed by atoms with Crippen molar-refractivity contribution in [2.45, 2.75) is 13.5 Å². The summed E-state index contributed by atoms with van der Waals surface area (Å²) in [5.41, 5.74) is 6.82. The number of nitrogens with zero attached hydrogens (tertiary/aromatic N) is 1. The lowest BCUT2D eigenvalue weighted by Crippen LogP contribution is -2.23. The molecule has 0 atom stereocenters. The number of aryl methyl sites for hydroxylation is 1. The summed E-state index contributed by atoms with van der Waals surface area (Å²) in [6, 6.07) is 5.95. The minimum absolute atomic E-state index is 0.00775. The Morgan fingerprint density at radius 1 is 1.50 bits per heavy atom. The minimum atomic E-state index is -0.371. The Kier molecular flexibility index (Phi) is 3.18. The Balaban J connectivity index is 2.05. The number of benzene rings is 1. The first-order valence-corrected chi connectivity index (χ1v) is 5.35. The number of carbonyl (C=O) groups is 1. The van der Waals surface area contributed by atoms with Gasteiger partial charge in [0, 0.05) is 11.8 Å². The summed E-state index contributed by atoms with van der Waals surface area (Å²) in [7, 11) is 0. The molecule has 0 aliphatic rings. The second kappa shape index (κ2) is 4.79. The minimum Gasteiger partial charge on any atom is -0.508 e. The molecule has 0 aliphatic heterocycles. The lowest BCUT2D eigenvalue weighted by molar-refractivity contribution is 0.0950. The Hall–Kier alpha value is -2.50. The summed E-state index contributed by atoms with van der Waals surface area (Å²) < 4.78 is 4.88. The fourth-order valence-electron chi connectivity index (χ4n) is 1.51. The van der Waals surface area contributed by atoms with Crippen LogP contribution in [0.5, 0.6) is 5.75 Å². The van der Waals surface area contributed by atoms with Gasteiger partial charge in [-0.05, 0) is 25.1 Å². The Bertz CT molecular complexity index is 578. The van der Waals surface area contributed by atoms with E-state index in [9.17, 15) is 9.90 Å². The number of carbonyl (C=O) groups excluding carboxylic acids is 1. The van der Waals surface area contributed by atoms with Crippen molar-refractivity contribution in [2.75, 3.05) is 5.73 Å². The van der Waals surface area contributed by atoms with Gasteiger partial charge in [-0.3, -0.25) is 4.79 Å². The second-order valence-corrected chi connectivity index (χ2v) is 3.88. The van der Waals surface area contributed by atoms with Gasteiger partial charge in [0.2, 0.25) is 0 Å². The topological polar surface area (TPSA) is 101 Å². The Morgan fingerprint density at radius 3 is 2.94 bits per heavy atom. The van der Waals surface area contributed by atoms with Crippen LogP contribution in [0.1, 0.15) is 21.8 Å². The third-order valence-corrected chi connectivity index (χ3v) is 2.39. The number of aromatic hydroxyl groups is 1. The average Bonchev–Trinajstić information content (AvgIpc) is 2.75. The summed E-state index contributed by atoms with van der Waals surface area (Å²) in [6.07, 6.45) is 0. The van der Waals surface area contributed by atoms with Gasteiger partial charge in [-0.2, -0.15) is 0 Å². The summed E-state index contributed by atoms with van der Waals surface area (Å²) in [6.45, 7) is 2.01. The van der Waals surface area contributed by atoms with Gasteiger partial charge in [0.1, 0.15) is 17.2 Å². The number of nitrogen functional groups attached to an aromatic ring is 1. The van der Waals surface area contributed by atoms with Gasteiger partial charge in [-0.1, -0.05) is 5.16 Å². The van der Waals surface area contributed by atoms with Crippen LogP contribution in [0.15, 0.2) is 28.8 Å². The molecule has 1 aromatic heterocycles. The van der Waals surface area contributed by atoms with Crippen molar-refractivity contribution in [3.8, 4) is 5.75 Å². The first kappa shape index (κ1) is 12.0. The number of phenols is 1. The molecule has 1 amide bonds. The standard InChI is InChI=1S/C12H13N3O3/c1-7-4-8(15-18-7)6-14-12(17)10-5-9(16)2-3-11(10)13/h2-5,16H,6,13H2,1H3,(H,14,17). The molecule has 2 rings (SSSR count). The van der Waals surface area contributed by atoms with Crippen molar-refractivity contribution < 1.29 is 14.4 Å². The molecule has 0 fully saturated rings. The number of phenolic OH excluding ortho intramolecular Hbond substituents is 1. The number of aromatic nitrogens is 1. The molecule has 0 saturated carbocycles. The molecule has 4 N–H and O–H groups in total. The lowest BCUT2D eigenvalue weighted by atomic mass is 10.1. The van der Waals surface area contributed by atoms with Crippen LogP contribution in [-0.4, -0.2) is 16.2 Å². The van der Waals surface area contributed by atoms with Crippen LogP contribution in [0.3, 0.4) is 0 Å². The van der Waals surface area contributed by atoms with Crippen LogP contribution >= 0.6 is 0 Å². The molecule has 0 aliphatic carbocycles. The molecule has 2 aromatic rings. The molecule has 6 nitrogen and oxygen atoms in total. The molecular weight excluding hydrogens is 234 g/mol. The van der Waals surface area contributed by atoms with Crippen molar-refractivity contribution >= 4 is 11.6 Å². The monoisotopic (exact) mass is 247 g/mol. The van der Waals surface area contributed by atoms with Gasteiger partial charge < -0.3 is 20.7 Å². The number of nitrogens with two attached hydrogens (primary N) is 1. The van der Waals surface area contributed by atoms with Crippen LogP contribution < -0.4 is 11.1 Å². The van der Waals surface area contributed by atoms with E-state index >= 15 is 0 Å². The highest BCUT2D eigenvalue weighted by molar-refractivity contribution is 5.99. The van der Waals surface area contributed by atoms with Crippen molar-refractivity contribution in [3.63, 3.8) is 0 Å². The number of rotatable bonds is 3. The van der Waals surface area contributed by atoms with Crippen LogP contribution in [0.2, 0.25) is 0 Å². The van der Waals surface area contributed by atoms with E-state index in [0.717, 1.165) is 0 Å². The van der Waals surface area contributed by atoms with E-state index in [-0.39, 0.29) is 23.8 Å². The zero-order valence-electron chi connectivity index (χ0n) is 9.80. The third kappa shape index (κ3) is 2.60. The molecule has 0 radical (unpaired) electrons. The van der Waals surface area contributed by atoms with E-state index in [1.165, 1.54) is 18.2 Å². The highest BCUT2D eigenvalue weighted by Gasteiger charge is 2.11. The fourth-order valence-corrected chi connectivity index (χ4v) is 1.51. The SMILES string of the molecule is Cc1cc(CNC(=O)c2cc(O)ccc2N)no1. The average molecular weight is 247 g/mol. The van der Waals surface area contributed by atoms with E-state index in [1.807, 2.05) is 0 Å². The molecule has 18 heavy (non-hydrogen) atoms. The second-order valence-electron chi connectivity index (χ2n) is 3.88. The van der Waals surface area contributed by atoms with Crippen LogP contribution in [0.4, 0.5) is 5.69 Å². The van der Waals surface area contributed by atoms with Gasteiger partial charge in [-0.25, -0.2) is 0 Å². The predicted molar refractivity (Wildman–Crippen MR) is 64.9 cm³/mol. The molecule has 0 saturated heterocycles. The number of nitrogens with one attached hydrogen (secondary N) is 1. The van der Waals surface area contributed by atoms with E-state index < -0.39 is 0 Å². The molecule has 0 spiro atoms. The maximum Gasteiger partial charge on any atom is 0.253 e. The van der Waals surface area contributed by atoms with Crippen molar-refractivity contribution in [1.82, 2.24) is 10.5 Å². The van der Waals surface area contributed by atoms with Gasteiger partial charge >= 0.3 is 0 Å². The maximum atomic E-state index is 11.8. The summed E-state index contributed by atoms with van der Waals surface area (Å²) in [4.78, 5) is 11.8. The zero-order chi connectivity index (χ0) is 13.1. The fraction of sp³-hybridized carbons (Fsp3) is 0.167.